The molecule has 0 atom stereocenters. The second-order valence-electron chi connectivity index (χ2n) is 4.56. The van der Waals surface area contributed by atoms with Crippen molar-refractivity contribution in [2.45, 2.75) is 0 Å². The molecule has 0 aliphatic heterocycles. The average molecular weight is 321 g/mol. The molecule has 0 radical (unpaired) electrons. The molecule has 0 bridgehead atoms. The summed E-state index contributed by atoms with van der Waals surface area (Å²) < 4.78 is 5.04. The third kappa shape index (κ3) is 3.45. The van der Waals surface area contributed by atoms with E-state index in [1.807, 2.05) is 6.07 Å². The number of tetrazole rings is 1. The minimum Gasteiger partial charge on any atom is -0.459 e. The van der Waals surface area contributed by atoms with Gasteiger partial charge in [0.2, 0.25) is 5.82 Å². The van der Waals surface area contributed by atoms with Crippen LogP contribution in [-0.4, -0.2) is 26.5 Å². The SMILES string of the molecule is N#CC(=CNc1cccc(NC(=O)c2ccco2)c1)c1nn[nH]n1. The Hall–Kier alpha value is -3.93. The summed E-state index contributed by atoms with van der Waals surface area (Å²) in [5.41, 5.74) is 1.46. The Balaban J connectivity index is 1.71. The Morgan fingerprint density at radius 3 is 2.88 bits per heavy atom. The highest BCUT2D eigenvalue weighted by atomic mass is 16.3. The van der Waals surface area contributed by atoms with Gasteiger partial charge in [0.15, 0.2) is 5.76 Å². The molecule has 1 aromatic carbocycles. The molecule has 2 heterocycles. The number of nitrogens with one attached hydrogen (secondary N) is 3. The maximum atomic E-state index is 11.9. The quantitative estimate of drug-likeness (QED) is 0.612. The predicted octanol–water partition coefficient (Wildman–Crippen LogP) is 2.02. The van der Waals surface area contributed by atoms with Crippen LogP contribution in [0, 0.1) is 11.3 Å². The number of nitrogens with zero attached hydrogens (tertiary/aromatic N) is 4. The van der Waals surface area contributed by atoms with Crippen LogP contribution in [0.15, 0.2) is 53.3 Å². The van der Waals surface area contributed by atoms with E-state index >= 15 is 0 Å². The van der Waals surface area contributed by atoms with Crippen molar-refractivity contribution in [3.05, 3.63) is 60.4 Å². The second-order valence-corrected chi connectivity index (χ2v) is 4.56. The van der Waals surface area contributed by atoms with Gasteiger partial charge in [-0.2, -0.15) is 10.5 Å². The van der Waals surface area contributed by atoms with Gasteiger partial charge in [0, 0.05) is 17.6 Å². The maximum absolute atomic E-state index is 11.9. The molecule has 1 amide bonds. The minimum absolute atomic E-state index is 0.187. The Morgan fingerprint density at radius 2 is 2.17 bits per heavy atom. The number of H-pyrrole nitrogens is 1. The molecular weight excluding hydrogens is 310 g/mol. The molecule has 2 aromatic heterocycles. The van der Waals surface area contributed by atoms with Gasteiger partial charge in [0.25, 0.3) is 5.91 Å². The van der Waals surface area contributed by atoms with E-state index in [0.717, 1.165) is 0 Å². The van der Waals surface area contributed by atoms with E-state index < -0.39 is 0 Å². The zero-order valence-electron chi connectivity index (χ0n) is 12.2. The third-order valence-electron chi connectivity index (χ3n) is 2.96. The zero-order chi connectivity index (χ0) is 16.8. The third-order valence-corrected chi connectivity index (χ3v) is 2.96. The van der Waals surface area contributed by atoms with Crippen LogP contribution in [0.2, 0.25) is 0 Å². The normalized spacial score (nSPS) is 10.9. The van der Waals surface area contributed by atoms with Gasteiger partial charge in [0.1, 0.15) is 11.6 Å². The summed E-state index contributed by atoms with van der Waals surface area (Å²) in [5.74, 6) is 0.0570. The molecule has 3 N–H and O–H groups in total. The molecule has 0 unspecified atom stereocenters. The Labute approximate surface area is 136 Å². The lowest BCUT2D eigenvalue weighted by atomic mass is 10.2. The molecule has 9 heteroatoms. The van der Waals surface area contributed by atoms with Crippen LogP contribution in [0.25, 0.3) is 5.57 Å². The van der Waals surface area contributed by atoms with E-state index in [9.17, 15) is 4.79 Å². The molecule has 24 heavy (non-hydrogen) atoms. The van der Waals surface area contributed by atoms with Crippen molar-refractivity contribution in [3.63, 3.8) is 0 Å². The standard InChI is InChI=1S/C15H11N7O2/c16-8-10(14-19-21-22-20-14)9-17-11-3-1-4-12(7-11)18-15(23)13-5-2-6-24-13/h1-7,9,17H,(H,18,23)(H,19,20,21,22). The number of anilines is 2. The lowest BCUT2D eigenvalue weighted by molar-refractivity contribution is 0.0996. The van der Waals surface area contributed by atoms with Gasteiger partial charge in [-0.15, -0.1) is 10.2 Å². The summed E-state index contributed by atoms with van der Waals surface area (Å²) >= 11 is 0. The maximum Gasteiger partial charge on any atom is 0.291 e. The summed E-state index contributed by atoms with van der Waals surface area (Å²) in [5, 5.41) is 27.9. The fraction of sp³-hybridized carbons (Fsp3) is 0. The molecular formula is C15H11N7O2. The zero-order valence-corrected chi connectivity index (χ0v) is 12.2. The molecule has 3 aromatic rings. The smallest absolute Gasteiger partial charge is 0.291 e. The number of furan rings is 1. The number of carbonyl (C=O) groups is 1. The number of carbonyl (C=O) groups excluding carboxylic acids is 1. The van der Waals surface area contributed by atoms with Gasteiger partial charge in [-0.1, -0.05) is 6.07 Å². The number of aromatic nitrogens is 4. The van der Waals surface area contributed by atoms with Gasteiger partial charge >= 0.3 is 0 Å². The van der Waals surface area contributed by atoms with Crippen molar-refractivity contribution in [1.82, 2.24) is 20.6 Å². The number of nitriles is 1. The summed E-state index contributed by atoms with van der Waals surface area (Å²) in [6.07, 6.45) is 2.89. The van der Waals surface area contributed by atoms with E-state index in [2.05, 4.69) is 31.3 Å². The molecule has 0 saturated heterocycles. The Kier molecular flexibility index (Phi) is 4.30. The highest BCUT2D eigenvalue weighted by Crippen LogP contribution is 2.17. The van der Waals surface area contributed by atoms with Crippen molar-refractivity contribution >= 4 is 22.9 Å². The molecule has 0 aliphatic rings. The number of aromatic amines is 1. The number of allylic oxidation sites excluding steroid dienone is 1. The van der Waals surface area contributed by atoms with E-state index in [1.54, 1.807) is 36.4 Å². The first-order valence-corrected chi connectivity index (χ1v) is 6.82. The summed E-state index contributed by atoms with van der Waals surface area (Å²) in [7, 11) is 0. The lowest BCUT2D eigenvalue weighted by Crippen LogP contribution is -2.10. The van der Waals surface area contributed by atoms with Crippen molar-refractivity contribution in [2.75, 3.05) is 10.6 Å². The van der Waals surface area contributed by atoms with Crippen LogP contribution in [0.1, 0.15) is 16.4 Å². The largest absolute Gasteiger partial charge is 0.459 e. The number of hydrogen-bond acceptors (Lipinski definition) is 7. The van der Waals surface area contributed by atoms with E-state index in [0.29, 0.717) is 11.4 Å². The van der Waals surface area contributed by atoms with E-state index in [4.69, 9.17) is 9.68 Å². The molecule has 0 fully saturated rings. The van der Waals surface area contributed by atoms with E-state index in [-0.39, 0.29) is 23.1 Å². The van der Waals surface area contributed by atoms with Gasteiger partial charge in [0.05, 0.1) is 6.26 Å². The molecule has 0 saturated carbocycles. The fourth-order valence-electron chi connectivity index (χ4n) is 1.87. The van der Waals surface area contributed by atoms with Gasteiger partial charge < -0.3 is 15.1 Å². The molecule has 9 nitrogen and oxygen atoms in total. The van der Waals surface area contributed by atoms with Crippen LogP contribution in [0.4, 0.5) is 11.4 Å². The predicted molar refractivity (Wildman–Crippen MR) is 84.5 cm³/mol. The second kappa shape index (κ2) is 6.89. The van der Waals surface area contributed by atoms with Crippen molar-refractivity contribution < 1.29 is 9.21 Å². The number of benzene rings is 1. The van der Waals surface area contributed by atoms with Gasteiger partial charge in [-0.25, -0.2) is 0 Å². The highest BCUT2D eigenvalue weighted by Gasteiger charge is 2.09. The van der Waals surface area contributed by atoms with Crippen molar-refractivity contribution in [1.29, 1.82) is 5.26 Å². The first kappa shape index (κ1) is 15.0. The van der Waals surface area contributed by atoms with Crippen LogP contribution in [0.5, 0.6) is 0 Å². The first-order valence-electron chi connectivity index (χ1n) is 6.82. The average Bonchev–Trinajstić information content (AvgIpc) is 3.30. The molecule has 3 rings (SSSR count). The van der Waals surface area contributed by atoms with Crippen molar-refractivity contribution in [3.8, 4) is 6.07 Å². The van der Waals surface area contributed by atoms with Crippen LogP contribution in [0.3, 0.4) is 0 Å². The number of amides is 1. The highest BCUT2D eigenvalue weighted by molar-refractivity contribution is 6.02. The van der Waals surface area contributed by atoms with Crippen molar-refractivity contribution in [2.24, 2.45) is 0 Å². The number of rotatable bonds is 5. The molecule has 0 spiro atoms. The van der Waals surface area contributed by atoms with Crippen LogP contribution >= 0.6 is 0 Å². The summed E-state index contributed by atoms with van der Waals surface area (Å²) in [6, 6.07) is 12.2. The molecule has 118 valence electrons. The number of hydrogen-bond donors (Lipinski definition) is 3. The Bertz CT molecular complexity index is 892. The van der Waals surface area contributed by atoms with E-state index in [1.165, 1.54) is 12.5 Å². The van der Waals surface area contributed by atoms with Gasteiger partial charge in [-0.05, 0) is 35.5 Å². The fourth-order valence-corrected chi connectivity index (χ4v) is 1.87. The monoisotopic (exact) mass is 321 g/mol. The first-order chi connectivity index (χ1) is 11.8. The van der Waals surface area contributed by atoms with Gasteiger partial charge in [-0.3, -0.25) is 4.79 Å². The molecule has 0 aliphatic carbocycles. The summed E-state index contributed by atoms with van der Waals surface area (Å²) in [4.78, 5) is 11.9. The van der Waals surface area contributed by atoms with Crippen LogP contribution in [-0.2, 0) is 0 Å². The van der Waals surface area contributed by atoms with Crippen LogP contribution < -0.4 is 10.6 Å². The Morgan fingerprint density at radius 1 is 1.29 bits per heavy atom. The summed E-state index contributed by atoms with van der Waals surface area (Å²) in [6.45, 7) is 0. The topological polar surface area (TPSA) is 133 Å². The lowest BCUT2D eigenvalue weighted by Gasteiger charge is -2.06. The minimum atomic E-state index is -0.350.